The van der Waals surface area contributed by atoms with Crippen LogP contribution in [-0.2, 0) is 11.2 Å². The van der Waals surface area contributed by atoms with Gasteiger partial charge in [0, 0.05) is 17.5 Å². The minimum absolute atomic E-state index is 0.299. The van der Waals surface area contributed by atoms with Gasteiger partial charge in [-0.2, -0.15) is 0 Å². The van der Waals surface area contributed by atoms with Gasteiger partial charge in [0.1, 0.15) is 0 Å². The zero-order valence-electron chi connectivity index (χ0n) is 11.9. The topological polar surface area (TPSA) is 20.3 Å². The van der Waals surface area contributed by atoms with Crippen molar-refractivity contribution in [3.05, 3.63) is 29.8 Å². The van der Waals surface area contributed by atoms with Crippen LogP contribution < -0.4 is 0 Å². The van der Waals surface area contributed by atoms with Crippen molar-refractivity contribution < 1.29 is 4.79 Å². The van der Waals surface area contributed by atoms with E-state index < -0.39 is 0 Å². The number of piperidine rings is 1. The molecule has 2 nitrogen and oxygen atoms in total. The Bertz CT molecular complexity index is 433. The lowest BCUT2D eigenvalue weighted by molar-refractivity contribution is -0.134. The summed E-state index contributed by atoms with van der Waals surface area (Å²) in [7, 11) is 0. The SMILES string of the molecule is CCC1CCCCN1C(=O)Cc1ccccc1SC. The quantitative estimate of drug-likeness (QED) is 0.781. The van der Waals surface area contributed by atoms with Crippen molar-refractivity contribution in [2.45, 2.75) is 50.0 Å². The standard InChI is InChI=1S/C16H23NOS/c1-3-14-9-6-7-11-17(14)16(18)12-13-8-4-5-10-15(13)19-2/h4-5,8,10,14H,3,6-7,9,11-12H2,1-2H3. The van der Waals surface area contributed by atoms with Crippen LogP contribution in [0.5, 0.6) is 0 Å². The highest BCUT2D eigenvalue weighted by Gasteiger charge is 2.25. The molecule has 1 saturated heterocycles. The average molecular weight is 277 g/mol. The van der Waals surface area contributed by atoms with Crippen molar-refractivity contribution in [3.63, 3.8) is 0 Å². The van der Waals surface area contributed by atoms with Crippen LogP contribution in [0.4, 0.5) is 0 Å². The summed E-state index contributed by atoms with van der Waals surface area (Å²) in [6.45, 7) is 3.13. The molecule has 3 heteroatoms. The van der Waals surface area contributed by atoms with E-state index in [1.165, 1.54) is 23.3 Å². The van der Waals surface area contributed by atoms with Gasteiger partial charge >= 0.3 is 0 Å². The van der Waals surface area contributed by atoms with Crippen LogP contribution in [0, 0.1) is 0 Å². The minimum atomic E-state index is 0.299. The molecule has 0 aromatic heterocycles. The lowest BCUT2D eigenvalue weighted by atomic mass is 9.99. The molecule has 1 fully saturated rings. The Morgan fingerprint density at radius 1 is 1.37 bits per heavy atom. The number of thioether (sulfide) groups is 1. The predicted molar refractivity (Wildman–Crippen MR) is 81.6 cm³/mol. The first-order valence-electron chi connectivity index (χ1n) is 7.17. The molecule has 1 heterocycles. The van der Waals surface area contributed by atoms with Gasteiger partial charge < -0.3 is 4.90 Å². The van der Waals surface area contributed by atoms with Crippen molar-refractivity contribution in [1.29, 1.82) is 0 Å². The number of hydrogen-bond donors (Lipinski definition) is 0. The molecule has 1 atom stereocenters. The highest BCUT2D eigenvalue weighted by molar-refractivity contribution is 7.98. The Morgan fingerprint density at radius 3 is 2.89 bits per heavy atom. The largest absolute Gasteiger partial charge is 0.339 e. The van der Waals surface area contributed by atoms with Crippen LogP contribution >= 0.6 is 11.8 Å². The highest BCUT2D eigenvalue weighted by Crippen LogP contribution is 2.24. The summed E-state index contributed by atoms with van der Waals surface area (Å²) < 4.78 is 0. The monoisotopic (exact) mass is 277 g/mol. The van der Waals surface area contributed by atoms with Gasteiger partial charge in [0.05, 0.1) is 6.42 Å². The van der Waals surface area contributed by atoms with Gasteiger partial charge in [0.2, 0.25) is 5.91 Å². The molecule has 104 valence electrons. The third kappa shape index (κ3) is 3.53. The first-order chi connectivity index (χ1) is 9.26. The summed E-state index contributed by atoms with van der Waals surface area (Å²) in [5, 5.41) is 0. The summed E-state index contributed by atoms with van der Waals surface area (Å²) >= 11 is 1.72. The smallest absolute Gasteiger partial charge is 0.227 e. The summed E-state index contributed by atoms with van der Waals surface area (Å²) in [5.74, 6) is 0.299. The van der Waals surface area contributed by atoms with Crippen LogP contribution in [0.2, 0.25) is 0 Å². The highest BCUT2D eigenvalue weighted by atomic mass is 32.2. The zero-order valence-corrected chi connectivity index (χ0v) is 12.7. The summed E-state index contributed by atoms with van der Waals surface area (Å²) in [4.78, 5) is 15.9. The van der Waals surface area contributed by atoms with Crippen molar-refractivity contribution in [3.8, 4) is 0 Å². The number of nitrogens with zero attached hydrogens (tertiary/aromatic N) is 1. The molecule has 1 aliphatic heterocycles. The Hall–Kier alpha value is -0.960. The number of amides is 1. The van der Waals surface area contributed by atoms with E-state index in [1.807, 2.05) is 12.1 Å². The normalized spacial score (nSPS) is 19.5. The Labute approximate surface area is 120 Å². The number of benzene rings is 1. The fourth-order valence-electron chi connectivity index (χ4n) is 2.87. The molecule has 0 saturated carbocycles. The second-order valence-corrected chi connectivity index (χ2v) is 5.98. The van der Waals surface area contributed by atoms with Gasteiger partial charge in [-0.1, -0.05) is 25.1 Å². The molecule has 0 bridgehead atoms. The van der Waals surface area contributed by atoms with E-state index in [-0.39, 0.29) is 0 Å². The molecule has 0 spiro atoms. The van der Waals surface area contributed by atoms with E-state index in [0.717, 1.165) is 19.4 Å². The molecule has 1 aromatic rings. The van der Waals surface area contributed by atoms with Crippen molar-refractivity contribution in [2.75, 3.05) is 12.8 Å². The van der Waals surface area contributed by atoms with Gasteiger partial charge in [0.15, 0.2) is 0 Å². The Morgan fingerprint density at radius 2 is 2.16 bits per heavy atom. The van der Waals surface area contributed by atoms with Crippen LogP contribution in [0.25, 0.3) is 0 Å². The Balaban J connectivity index is 2.07. The fraction of sp³-hybridized carbons (Fsp3) is 0.562. The molecule has 2 rings (SSSR count). The Kier molecular flexibility index (Phi) is 5.32. The molecule has 19 heavy (non-hydrogen) atoms. The molecule has 1 aromatic carbocycles. The number of carbonyl (C=O) groups is 1. The molecule has 0 aliphatic carbocycles. The van der Waals surface area contributed by atoms with E-state index in [2.05, 4.69) is 30.2 Å². The van der Waals surface area contributed by atoms with E-state index in [0.29, 0.717) is 18.4 Å². The van der Waals surface area contributed by atoms with E-state index in [1.54, 1.807) is 11.8 Å². The maximum atomic E-state index is 12.5. The number of carbonyl (C=O) groups excluding carboxylic acids is 1. The van der Waals surface area contributed by atoms with Gasteiger partial charge in [-0.3, -0.25) is 4.79 Å². The van der Waals surface area contributed by atoms with Crippen molar-refractivity contribution in [1.82, 2.24) is 4.90 Å². The van der Waals surface area contributed by atoms with Gasteiger partial charge in [-0.15, -0.1) is 11.8 Å². The maximum absolute atomic E-state index is 12.5. The first kappa shape index (κ1) is 14.4. The lowest BCUT2D eigenvalue weighted by Gasteiger charge is -2.35. The second-order valence-electron chi connectivity index (χ2n) is 5.13. The average Bonchev–Trinajstić information content (AvgIpc) is 2.47. The third-order valence-corrected chi connectivity index (χ3v) is 4.79. The number of hydrogen-bond acceptors (Lipinski definition) is 2. The summed E-state index contributed by atoms with van der Waals surface area (Å²) in [6, 6.07) is 8.70. The third-order valence-electron chi connectivity index (χ3n) is 3.95. The molecule has 0 radical (unpaired) electrons. The van der Waals surface area contributed by atoms with Crippen molar-refractivity contribution >= 4 is 17.7 Å². The van der Waals surface area contributed by atoms with Gasteiger partial charge in [-0.25, -0.2) is 0 Å². The molecule has 1 amide bonds. The lowest BCUT2D eigenvalue weighted by Crippen LogP contribution is -2.44. The van der Waals surface area contributed by atoms with E-state index in [9.17, 15) is 4.79 Å². The molecule has 1 aliphatic rings. The van der Waals surface area contributed by atoms with Gasteiger partial charge in [-0.05, 0) is 43.6 Å². The van der Waals surface area contributed by atoms with Gasteiger partial charge in [0.25, 0.3) is 0 Å². The summed E-state index contributed by atoms with van der Waals surface area (Å²) in [6.07, 6.45) is 7.30. The van der Waals surface area contributed by atoms with Crippen LogP contribution in [0.3, 0.4) is 0 Å². The van der Waals surface area contributed by atoms with E-state index in [4.69, 9.17) is 0 Å². The number of likely N-dealkylation sites (tertiary alicyclic amines) is 1. The molecule has 0 N–H and O–H groups in total. The molecular weight excluding hydrogens is 254 g/mol. The fourth-order valence-corrected chi connectivity index (χ4v) is 3.48. The van der Waals surface area contributed by atoms with Crippen LogP contribution in [0.15, 0.2) is 29.2 Å². The van der Waals surface area contributed by atoms with Crippen LogP contribution in [0.1, 0.15) is 38.2 Å². The van der Waals surface area contributed by atoms with Crippen molar-refractivity contribution in [2.24, 2.45) is 0 Å². The minimum Gasteiger partial charge on any atom is -0.339 e. The first-order valence-corrected chi connectivity index (χ1v) is 8.40. The number of rotatable bonds is 4. The van der Waals surface area contributed by atoms with E-state index >= 15 is 0 Å². The molecule has 1 unspecified atom stereocenters. The zero-order chi connectivity index (χ0) is 13.7. The van der Waals surface area contributed by atoms with Crippen LogP contribution in [-0.4, -0.2) is 29.6 Å². The maximum Gasteiger partial charge on any atom is 0.227 e. The second kappa shape index (κ2) is 6.99. The molecular formula is C16H23NOS. The predicted octanol–water partition coefficient (Wildman–Crippen LogP) is 3.74. The summed E-state index contributed by atoms with van der Waals surface area (Å²) in [5.41, 5.74) is 1.17.